The molecule has 1 aliphatic rings. The zero-order valence-corrected chi connectivity index (χ0v) is 16.1. The van der Waals surface area contributed by atoms with Crippen molar-refractivity contribution in [2.24, 2.45) is 11.8 Å². The normalized spacial score (nSPS) is 20.4. The molecule has 0 radical (unpaired) electrons. The maximum Gasteiger partial charge on any atom is 0.254 e. The summed E-state index contributed by atoms with van der Waals surface area (Å²) in [6.45, 7) is 9.06. The van der Waals surface area contributed by atoms with Crippen molar-refractivity contribution in [2.45, 2.75) is 40.0 Å². The fourth-order valence-electron chi connectivity index (χ4n) is 3.64. The van der Waals surface area contributed by atoms with E-state index in [1.807, 2.05) is 23.6 Å². The van der Waals surface area contributed by atoms with Crippen molar-refractivity contribution in [1.82, 2.24) is 14.8 Å². The molecular weight excluding hydrogens is 338 g/mol. The molecule has 0 bridgehead atoms. The van der Waals surface area contributed by atoms with Gasteiger partial charge in [0.25, 0.3) is 5.91 Å². The van der Waals surface area contributed by atoms with Gasteiger partial charge in [-0.25, -0.2) is 4.98 Å². The first-order chi connectivity index (χ1) is 12.0. The molecule has 1 aliphatic heterocycles. The van der Waals surface area contributed by atoms with E-state index in [2.05, 4.69) is 11.9 Å². The van der Waals surface area contributed by atoms with Gasteiger partial charge in [0.05, 0.1) is 0 Å². The van der Waals surface area contributed by atoms with E-state index in [0.29, 0.717) is 42.1 Å². The van der Waals surface area contributed by atoms with E-state index < -0.39 is 0 Å². The number of pyridine rings is 1. The smallest absolute Gasteiger partial charge is 0.254 e. The number of likely N-dealkylation sites (tertiary alicyclic amines) is 1. The molecule has 2 heterocycles. The third-order valence-electron chi connectivity index (χ3n) is 5.23. The number of hydrogen-bond acceptors (Lipinski definition) is 3. The Morgan fingerprint density at radius 2 is 2.00 bits per heavy atom. The number of carbonyl (C=O) groups excluding carboxylic acids is 2. The minimum Gasteiger partial charge on any atom is -0.343 e. The van der Waals surface area contributed by atoms with Crippen LogP contribution in [0, 0.1) is 11.8 Å². The first-order valence-electron chi connectivity index (χ1n) is 9.18. The largest absolute Gasteiger partial charge is 0.343 e. The number of piperidine rings is 1. The summed E-state index contributed by atoms with van der Waals surface area (Å²) in [5, 5.41) is 0.331. The lowest BCUT2D eigenvalue weighted by molar-refractivity contribution is -0.132. The molecule has 2 unspecified atom stereocenters. The topological polar surface area (TPSA) is 53.5 Å². The summed E-state index contributed by atoms with van der Waals surface area (Å²) in [6, 6.07) is 3.31. The van der Waals surface area contributed by atoms with Crippen LogP contribution >= 0.6 is 11.6 Å². The van der Waals surface area contributed by atoms with Gasteiger partial charge >= 0.3 is 0 Å². The predicted molar refractivity (Wildman–Crippen MR) is 99.6 cm³/mol. The fraction of sp³-hybridized carbons (Fsp3) is 0.632. The Morgan fingerprint density at radius 1 is 1.28 bits per heavy atom. The molecule has 2 atom stereocenters. The molecule has 138 valence electrons. The molecule has 2 rings (SSSR count). The molecule has 1 fully saturated rings. The fourth-order valence-corrected chi connectivity index (χ4v) is 3.82. The van der Waals surface area contributed by atoms with Crippen molar-refractivity contribution < 1.29 is 9.59 Å². The summed E-state index contributed by atoms with van der Waals surface area (Å²) in [6.07, 6.45) is 3.98. The predicted octanol–water partition coefficient (Wildman–Crippen LogP) is 3.48. The Bertz CT molecular complexity index is 604. The summed E-state index contributed by atoms with van der Waals surface area (Å²) < 4.78 is 0. The number of hydrogen-bond donors (Lipinski definition) is 0. The molecule has 5 nitrogen and oxygen atoms in total. The van der Waals surface area contributed by atoms with E-state index in [1.165, 1.54) is 0 Å². The molecule has 25 heavy (non-hydrogen) atoms. The number of amides is 2. The molecular formula is C19H28ClN3O2. The maximum atomic E-state index is 12.7. The minimum absolute atomic E-state index is 0.00345. The van der Waals surface area contributed by atoms with Gasteiger partial charge in [0.15, 0.2) is 0 Å². The number of rotatable bonds is 6. The summed E-state index contributed by atoms with van der Waals surface area (Å²) in [7, 11) is 0. The Morgan fingerprint density at radius 3 is 2.60 bits per heavy atom. The number of carbonyl (C=O) groups is 2. The third kappa shape index (κ3) is 4.94. The first-order valence-corrected chi connectivity index (χ1v) is 9.56. The molecule has 1 aromatic rings. The van der Waals surface area contributed by atoms with Gasteiger partial charge in [0, 0.05) is 44.4 Å². The second kappa shape index (κ2) is 9.18. The van der Waals surface area contributed by atoms with Gasteiger partial charge < -0.3 is 9.80 Å². The Labute approximate surface area is 155 Å². The second-order valence-electron chi connectivity index (χ2n) is 6.61. The van der Waals surface area contributed by atoms with Crippen LogP contribution in [-0.2, 0) is 4.79 Å². The summed E-state index contributed by atoms with van der Waals surface area (Å²) in [5.41, 5.74) is 0.576. The lowest BCUT2D eigenvalue weighted by atomic mass is 9.81. The third-order valence-corrected chi connectivity index (χ3v) is 5.44. The second-order valence-corrected chi connectivity index (χ2v) is 6.99. The highest BCUT2D eigenvalue weighted by molar-refractivity contribution is 6.29. The van der Waals surface area contributed by atoms with Gasteiger partial charge in [0.2, 0.25) is 5.91 Å². The lowest BCUT2D eigenvalue weighted by Gasteiger charge is -2.38. The van der Waals surface area contributed by atoms with Crippen molar-refractivity contribution in [3.05, 3.63) is 29.0 Å². The van der Waals surface area contributed by atoms with Crippen LogP contribution in [0.3, 0.4) is 0 Å². The van der Waals surface area contributed by atoms with Crippen molar-refractivity contribution in [1.29, 1.82) is 0 Å². The highest BCUT2D eigenvalue weighted by atomic mass is 35.5. The average Bonchev–Trinajstić information content (AvgIpc) is 2.62. The first kappa shape index (κ1) is 19.7. The molecule has 0 spiro atoms. The SMILES string of the molecule is CCC1CN(C(=O)c2ccnc(Cl)c2)CCC1CC(=O)N(CC)CC. The molecule has 0 aliphatic carbocycles. The average molecular weight is 366 g/mol. The van der Waals surface area contributed by atoms with Crippen LogP contribution in [0.4, 0.5) is 0 Å². The van der Waals surface area contributed by atoms with Crippen LogP contribution in [-0.4, -0.2) is 52.8 Å². The van der Waals surface area contributed by atoms with E-state index in [1.54, 1.807) is 18.3 Å². The van der Waals surface area contributed by atoms with Crippen LogP contribution in [0.2, 0.25) is 5.15 Å². The summed E-state index contributed by atoms with van der Waals surface area (Å²) >= 11 is 5.90. The zero-order valence-electron chi connectivity index (χ0n) is 15.4. The van der Waals surface area contributed by atoms with Gasteiger partial charge in [-0.1, -0.05) is 24.9 Å². The van der Waals surface area contributed by atoms with Gasteiger partial charge in [-0.05, 0) is 44.2 Å². The Balaban J connectivity index is 2.01. The molecule has 2 amide bonds. The highest BCUT2D eigenvalue weighted by Crippen LogP contribution is 2.30. The van der Waals surface area contributed by atoms with Gasteiger partial charge in [-0.15, -0.1) is 0 Å². The molecule has 1 aromatic heterocycles. The highest BCUT2D eigenvalue weighted by Gasteiger charge is 2.32. The standard InChI is InChI=1S/C19H28ClN3O2/c1-4-14-13-23(19(25)16-7-9-21-17(20)11-16)10-8-15(14)12-18(24)22(5-2)6-3/h7,9,11,14-15H,4-6,8,10,12-13H2,1-3H3. The molecule has 6 heteroatoms. The number of nitrogens with zero attached hydrogens (tertiary/aromatic N) is 3. The van der Waals surface area contributed by atoms with E-state index >= 15 is 0 Å². The van der Waals surface area contributed by atoms with Crippen LogP contribution in [0.1, 0.15) is 50.4 Å². The Kier molecular flexibility index (Phi) is 7.24. The molecule has 0 saturated carbocycles. The van der Waals surface area contributed by atoms with Crippen molar-refractivity contribution in [2.75, 3.05) is 26.2 Å². The van der Waals surface area contributed by atoms with Crippen LogP contribution in [0.15, 0.2) is 18.3 Å². The van der Waals surface area contributed by atoms with E-state index in [9.17, 15) is 9.59 Å². The van der Waals surface area contributed by atoms with E-state index in [0.717, 1.165) is 25.9 Å². The molecule has 1 saturated heterocycles. The number of halogens is 1. The van der Waals surface area contributed by atoms with Gasteiger partial charge in [0.1, 0.15) is 5.15 Å². The Hall–Kier alpha value is -1.62. The summed E-state index contributed by atoms with van der Waals surface area (Å²) in [4.78, 5) is 32.8. The lowest BCUT2D eigenvalue weighted by Crippen LogP contribution is -2.45. The quantitative estimate of drug-likeness (QED) is 0.725. The number of aromatic nitrogens is 1. The van der Waals surface area contributed by atoms with E-state index in [4.69, 9.17) is 11.6 Å². The monoisotopic (exact) mass is 365 g/mol. The van der Waals surface area contributed by atoms with Crippen molar-refractivity contribution >= 4 is 23.4 Å². The summed E-state index contributed by atoms with van der Waals surface area (Å²) in [5.74, 6) is 0.933. The molecule has 0 aromatic carbocycles. The van der Waals surface area contributed by atoms with Gasteiger partial charge in [-0.3, -0.25) is 9.59 Å². The zero-order chi connectivity index (χ0) is 18.4. The minimum atomic E-state index is -0.00345. The van der Waals surface area contributed by atoms with Crippen LogP contribution < -0.4 is 0 Å². The van der Waals surface area contributed by atoms with Crippen molar-refractivity contribution in [3.8, 4) is 0 Å². The molecule has 0 N–H and O–H groups in total. The van der Waals surface area contributed by atoms with Crippen molar-refractivity contribution in [3.63, 3.8) is 0 Å². The van der Waals surface area contributed by atoms with Crippen LogP contribution in [0.5, 0.6) is 0 Å². The van der Waals surface area contributed by atoms with Gasteiger partial charge in [-0.2, -0.15) is 0 Å². The van der Waals surface area contributed by atoms with Crippen LogP contribution in [0.25, 0.3) is 0 Å². The maximum absolute atomic E-state index is 12.7. The van der Waals surface area contributed by atoms with E-state index in [-0.39, 0.29) is 11.8 Å².